The van der Waals surface area contributed by atoms with Crippen molar-refractivity contribution in [2.45, 2.75) is 25.8 Å². The SMILES string of the molecule is CCc1ccc([C@@H]2C(C(=O)c3ccco3)=C(O)C(=O)N2CCc2ccc(OC)c(OC)c2)cc1. The van der Waals surface area contributed by atoms with Crippen LogP contribution in [0, 0.1) is 0 Å². The number of aliphatic hydroxyl groups excluding tert-OH is 1. The Kier molecular flexibility index (Phi) is 6.72. The monoisotopic (exact) mass is 461 g/mol. The van der Waals surface area contributed by atoms with Gasteiger partial charge in [-0.05, 0) is 53.8 Å². The molecule has 1 atom stereocenters. The highest BCUT2D eigenvalue weighted by atomic mass is 16.5. The van der Waals surface area contributed by atoms with Crippen molar-refractivity contribution in [3.63, 3.8) is 0 Å². The Hall–Kier alpha value is -4.00. The number of ketones is 1. The summed E-state index contributed by atoms with van der Waals surface area (Å²) in [6, 6.07) is 15.7. The molecule has 1 aliphatic heterocycles. The number of aryl methyl sites for hydroxylation is 1. The first-order valence-electron chi connectivity index (χ1n) is 11.1. The molecule has 2 aromatic carbocycles. The fraction of sp³-hybridized carbons (Fsp3) is 0.259. The van der Waals surface area contributed by atoms with Crippen molar-refractivity contribution in [1.82, 2.24) is 4.90 Å². The highest BCUT2D eigenvalue weighted by Crippen LogP contribution is 2.39. The third kappa shape index (κ3) is 4.29. The molecule has 34 heavy (non-hydrogen) atoms. The molecular formula is C27H27NO6. The molecule has 1 amide bonds. The number of nitrogens with zero attached hydrogens (tertiary/aromatic N) is 1. The number of methoxy groups -OCH3 is 2. The van der Waals surface area contributed by atoms with Gasteiger partial charge < -0.3 is 23.9 Å². The van der Waals surface area contributed by atoms with Crippen molar-refractivity contribution < 1.29 is 28.6 Å². The zero-order valence-corrected chi connectivity index (χ0v) is 19.4. The molecule has 0 bridgehead atoms. The van der Waals surface area contributed by atoms with Crippen LogP contribution in [0.15, 0.2) is 76.6 Å². The number of hydrogen-bond donors (Lipinski definition) is 1. The van der Waals surface area contributed by atoms with Gasteiger partial charge in [-0.25, -0.2) is 0 Å². The largest absolute Gasteiger partial charge is 0.503 e. The second kappa shape index (κ2) is 9.87. The first-order chi connectivity index (χ1) is 16.5. The number of carbonyl (C=O) groups excluding carboxylic acids is 2. The molecule has 3 aromatic rings. The molecule has 0 radical (unpaired) electrons. The van der Waals surface area contributed by atoms with Crippen LogP contribution in [0.2, 0.25) is 0 Å². The number of ether oxygens (including phenoxy) is 2. The number of benzene rings is 2. The summed E-state index contributed by atoms with van der Waals surface area (Å²) >= 11 is 0. The molecule has 1 N–H and O–H groups in total. The minimum absolute atomic E-state index is 0.0245. The molecule has 1 aromatic heterocycles. The van der Waals surface area contributed by atoms with Gasteiger partial charge in [-0.2, -0.15) is 0 Å². The van der Waals surface area contributed by atoms with Crippen LogP contribution in [0.3, 0.4) is 0 Å². The van der Waals surface area contributed by atoms with Crippen LogP contribution in [0.1, 0.15) is 40.2 Å². The maximum atomic E-state index is 13.2. The number of hydrogen-bond acceptors (Lipinski definition) is 6. The van der Waals surface area contributed by atoms with Crippen molar-refractivity contribution in [3.05, 3.63) is 94.6 Å². The summed E-state index contributed by atoms with van der Waals surface area (Å²) in [6.07, 6.45) is 2.75. The highest BCUT2D eigenvalue weighted by Gasteiger charge is 2.44. The molecule has 0 spiro atoms. The third-order valence-corrected chi connectivity index (χ3v) is 6.09. The van der Waals surface area contributed by atoms with E-state index >= 15 is 0 Å². The quantitative estimate of drug-likeness (QED) is 0.466. The normalized spacial score (nSPS) is 15.7. The summed E-state index contributed by atoms with van der Waals surface area (Å²) < 4.78 is 15.9. The Labute approximate surface area is 198 Å². The van der Waals surface area contributed by atoms with Crippen LogP contribution in [-0.2, 0) is 17.6 Å². The van der Waals surface area contributed by atoms with Crippen molar-refractivity contribution in [2.24, 2.45) is 0 Å². The van der Waals surface area contributed by atoms with Gasteiger partial charge in [-0.15, -0.1) is 0 Å². The summed E-state index contributed by atoms with van der Waals surface area (Å²) in [5.74, 6) is -0.351. The topological polar surface area (TPSA) is 89.2 Å². The van der Waals surface area contributed by atoms with E-state index in [2.05, 4.69) is 6.92 Å². The molecular weight excluding hydrogens is 434 g/mol. The lowest BCUT2D eigenvalue weighted by atomic mass is 9.94. The van der Waals surface area contributed by atoms with Crippen molar-refractivity contribution >= 4 is 11.7 Å². The van der Waals surface area contributed by atoms with E-state index in [1.165, 1.54) is 17.2 Å². The van der Waals surface area contributed by atoms with Crippen LogP contribution in [0.5, 0.6) is 11.5 Å². The van der Waals surface area contributed by atoms with E-state index in [1.54, 1.807) is 20.3 Å². The van der Waals surface area contributed by atoms with Crippen molar-refractivity contribution in [3.8, 4) is 11.5 Å². The van der Waals surface area contributed by atoms with E-state index < -0.39 is 23.5 Å². The van der Waals surface area contributed by atoms with Gasteiger partial charge >= 0.3 is 0 Å². The van der Waals surface area contributed by atoms with Gasteiger partial charge in [0.1, 0.15) is 0 Å². The molecule has 7 nitrogen and oxygen atoms in total. The smallest absolute Gasteiger partial charge is 0.290 e. The summed E-state index contributed by atoms with van der Waals surface area (Å²) in [4.78, 5) is 27.9. The van der Waals surface area contributed by atoms with Crippen LogP contribution < -0.4 is 9.47 Å². The lowest BCUT2D eigenvalue weighted by Crippen LogP contribution is -2.33. The van der Waals surface area contributed by atoms with Gasteiger partial charge in [0.25, 0.3) is 5.91 Å². The molecule has 2 heterocycles. The van der Waals surface area contributed by atoms with Crippen molar-refractivity contribution in [1.29, 1.82) is 0 Å². The predicted molar refractivity (Wildman–Crippen MR) is 126 cm³/mol. The molecule has 0 saturated carbocycles. The molecule has 0 aliphatic carbocycles. The lowest BCUT2D eigenvalue weighted by molar-refractivity contribution is -0.129. The van der Waals surface area contributed by atoms with Gasteiger partial charge in [-0.3, -0.25) is 9.59 Å². The number of amides is 1. The van der Waals surface area contributed by atoms with E-state index in [-0.39, 0.29) is 17.9 Å². The zero-order valence-electron chi connectivity index (χ0n) is 19.4. The first kappa shape index (κ1) is 23.2. The second-order valence-electron chi connectivity index (χ2n) is 8.00. The van der Waals surface area contributed by atoms with E-state index in [0.29, 0.717) is 17.9 Å². The van der Waals surface area contributed by atoms with Gasteiger partial charge in [0, 0.05) is 6.54 Å². The average molecular weight is 462 g/mol. The first-order valence-corrected chi connectivity index (χ1v) is 11.1. The van der Waals surface area contributed by atoms with E-state index in [9.17, 15) is 14.7 Å². The molecule has 4 rings (SSSR count). The van der Waals surface area contributed by atoms with Gasteiger partial charge in [-0.1, -0.05) is 37.3 Å². The van der Waals surface area contributed by atoms with Gasteiger partial charge in [0.2, 0.25) is 5.78 Å². The van der Waals surface area contributed by atoms with E-state index in [0.717, 1.165) is 23.1 Å². The Morgan fingerprint density at radius 3 is 2.35 bits per heavy atom. The summed E-state index contributed by atoms with van der Waals surface area (Å²) in [5.41, 5.74) is 2.83. The van der Waals surface area contributed by atoms with Crippen molar-refractivity contribution in [2.75, 3.05) is 20.8 Å². The molecule has 0 unspecified atom stereocenters. The average Bonchev–Trinajstić information content (AvgIpc) is 3.50. The maximum Gasteiger partial charge on any atom is 0.290 e. The summed E-state index contributed by atoms with van der Waals surface area (Å²) in [7, 11) is 3.14. The second-order valence-corrected chi connectivity index (χ2v) is 8.00. The van der Waals surface area contributed by atoms with Crippen LogP contribution in [-0.4, -0.2) is 42.5 Å². The minimum Gasteiger partial charge on any atom is -0.503 e. The van der Waals surface area contributed by atoms with E-state index in [1.807, 2.05) is 42.5 Å². The Bertz CT molecular complexity index is 1210. The minimum atomic E-state index is -0.726. The summed E-state index contributed by atoms with van der Waals surface area (Å²) in [5, 5.41) is 10.8. The fourth-order valence-electron chi connectivity index (χ4n) is 4.22. The standard InChI is InChI=1S/C27H27NO6/c1-4-17-7-10-19(11-8-17)24-23(25(29)21-6-5-15-34-21)26(30)27(31)28(24)14-13-18-9-12-20(32-2)22(16-18)33-3/h5-12,15-16,24,30H,4,13-14H2,1-3H3/t24-/m1/s1. The van der Waals surface area contributed by atoms with Crippen LogP contribution in [0.25, 0.3) is 0 Å². The Morgan fingerprint density at radius 1 is 1.03 bits per heavy atom. The van der Waals surface area contributed by atoms with Crippen LogP contribution >= 0.6 is 0 Å². The Morgan fingerprint density at radius 2 is 1.74 bits per heavy atom. The molecule has 0 saturated heterocycles. The lowest BCUT2D eigenvalue weighted by Gasteiger charge is -2.27. The molecule has 1 aliphatic rings. The van der Waals surface area contributed by atoms with Crippen LogP contribution in [0.4, 0.5) is 0 Å². The number of carbonyl (C=O) groups is 2. The molecule has 176 valence electrons. The zero-order chi connectivity index (χ0) is 24.2. The fourth-order valence-corrected chi connectivity index (χ4v) is 4.22. The number of aliphatic hydroxyl groups is 1. The molecule has 0 fully saturated rings. The number of rotatable bonds is 9. The van der Waals surface area contributed by atoms with Gasteiger partial charge in [0.05, 0.1) is 32.1 Å². The third-order valence-electron chi connectivity index (χ3n) is 6.09. The highest BCUT2D eigenvalue weighted by molar-refractivity contribution is 6.15. The van der Waals surface area contributed by atoms with Gasteiger partial charge in [0.15, 0.2) is 23.0 Å². The Balaban J connectivity index is 1.67. The summed E-state index contributed by atoms with van der Waals surface area (Å²) in [6.45, 7) is 2.34. The maximum absolute atomic E-state index is 13.2. The predicted octanol–water partition coefficient (Wildman–Crippen LogP) is 4.68. The number of Topliss-reactive ketones (excluding diaryl/α,β-unsaturated/α-hetero) is 1. The number of furan rings is 1. The van der Waals surface area contributed by atoms with E-state index in [4.69, 9.17) is 13.9 Å². The molecule has 7 heteroatoms.